The van der Waals surface area contributed by atoms with E-state index >= 15 is 0 Å². The van der Waals surface area contributed by atoms with Crippen molar-refractivity contribution in [2.45, 2.75) is 32.2 Å². The molecule has 162 valence electrons. The minimum atomic E-state index is -1.53. The number of fused-ring (bicyclic) bond motifs is 5. The van der Waals surface area contributed by atoms with Crippen molar-refractivity contribution in [3.8, 4) is 0 Å². The molecule has 6 heteroatoms. The fourth-order valence-electron chi connectivity index (χ4n) is 5.03. The summed E-state index contributed by atoms with van der Waals surface area (Å²) in [4.78, 5) is 44.8. The lowest BCUT2D eigenvalue weighted by Gasteiger charge is -2.34. The second-order valence-corrected chi connectivity index (χ2v) is 8.38. The van der Waals surface area contributed by atoms with Crippen molar-refractivity contribution in [3.05, 3.63) is 87.8 Å². The molecule has 0 N–H and O–H groups in total. The van der Waals surface area contributed by atoms with Crippen LogP contribution in [0.3, 0.4) is 0 Å². The largest absolute Gasteiger partial charge is 0.450 e. The number of carbonyl (C=O) groups excluding carboxylic acids is 2. The first-order valence-electron chi connectivity index (χ1n) is 10.9. The summed E-state index contributed by atoms with van der Waals surface area (Å²) in [7, 11) is 0. The average molecular weight is 428 g/mol. The maximum absolute atomic E-state index is 14.1. The van der Waals surface area contributed by atoms with E-state index in [0.717, 1.165) is 12.0 Å². The van der Waals surface area contributed by atoms with Gasteiger partial charge in [0, 0.05) is 18.7 Å². The maximum Gasteiger partial charge on any atom is 0.291 e. The van der Waals surface area contributed by atoms with Gasteiger partial charge in [0.2, 0.25) is 5.76 Å². The zero-order valence-corrected chi connectivity index (χ0v) is 18.2. The zero-order chi connectivity index (χ0) is 22.6. The molecule has 2 aromatic carbocycles. The molecule has 32 heavy (non-hydrogen) atoms. The van der Waals surface area contributed by atoms with E-state index in [4.69, 9.17) is 4.42 Å². The third kappa shape index (κ3) is 2.43. The van der Waals surface area contributed by atoms with Gasteiger partial charge in [-0.3, -0.25) is 14.4 Å². The molecule has 2 amide bonds. The number of para-hydroxylation sites is 1. The maximum atomic E-state index is 14.1. The Kier molecular flexibility index (Phi) is 4.55. The first-order chi connectivity index (χ1) is 15.5. The molecule has 3 heterocycles. The number of anilines is 1. The topological polar surface area (TPSA) is 70.8 Å². The van der Waals surface area contributed by atoms with Gasteiger partial charge in [-0.25, -0.2) is 0 Å². The number of hydrogen-bond donors (Lipinski definition) is 0. The van der Waals surface area contributed by atoms with Crippen molar-refractivity contribution < 1.29 is 14.0 Å². The lowest BCUT2D eigenvalue weighted by molar-refractivity contribution is -0.126. The van der Waals surface area contributed by atoms with Gasteiger partial charge in [-0.1, -0.05) is 49.2 Å². The summed E-state index contributed by atoms with van der Waals surface area (Å²) in [5, 5.41) is 0.376. The molecule has 1 unspecified atom stereocenters. The van der Waals surface area contributed by atoms with Crippen molar-refractivity contribution in [3.63, 3.8) is 0 Å². The number of amides is 2. The number of aryl methyl sites for hydroxylation is 1. The highest BCUT2D eigenvalue weighted by Crippen LogP contribution is 2.52. The van der Waals surface area contributed by atoms with Gasteiger partial charge >= 0.3 is 0 Å². The third-order valence-corrected chi connectivity index (χ3v) is 6.44. The van der Waals surface area contributed by atoms with Crippen LogP contribution in [0.25, 0.3) is 11.0 Å². The number of benzene rings is 2. The molecule has 1 aromatic heterocycles. The summed E-state index contributed by atoms with van der Waals surface area (Å²) in [5.74, 6) is -0.774. The minimum absolute atomic E-state index is 0.0361. The lowest BCUT2D eigenvalue weighted by Crippen LogP contribution is -2.53. The molecule has 2 aliphatic rings. The molecule has 6 nitrogen and oxygen atoms in total. The predicted octanol–water partition coefficient (Wildman–Crippen LogP) is 4.13. The van der Waals surface area contributed by atoms with E-state index in [0.29, 0.717) is 35.2 Å². The van der Waals surface area contributed by atoms with Crippen LogP contribution in [0.4, 0.5) is 5.69 Å². The molecule has 3 aromatic rings. The molecule has 1 atom stereocenters. The van der Waals surface area contributed by atoms with Crippen LogP contribution >= 0.6 is 0 Å². The Bertz CT molecular complexity index is 1360. The molecule has 0 saturated carbocycles. The Morgan fingerprint density at radius 2 is 1.91 bits per heavy atom. The van der Waals surface area contributed by atoms with Crippen LogP contribution in [0.1, 0.15) is 47.0 Å². The van der Waals surface area contributed by atoms with Crippen molar-refractivity contribution in [2.24, 2.45) is 0 Å². The first kappa shape index (κ1) is 20.2. The fraction of sp³-hybridized carbons (Fsp3) is 0.269. The highest BCUT2D eigenvalue weighted by molar-refractivity contribution is 6.17. The van der Waals surface area contributed by atoms with Crippen LogP contribution in [0.5, 0.6) is 0 Å². The summed E-state index contributed by atoms with van der Waals surface area (Å²) >= 11 is 0. The van der Waals surface area contributed by atoms with E-state index in [1.54, 1.807) is 28.0 Å². The van der Waals surface area contributed by atoms with Crippen LogP contribution in [0, 0.1) is 6.92 Å². The Morgan fingerprint density at radius 1 is 1.12 bits per heavy atom. The molecule has 0 aliphatic carbocycles. The van der Waals surface area contributed by atoms with Crippen LogP contribution in [-0.2, 0) is 10.3 Å². The SMILES string of the molecule is C=CCN1C(=O)C2(c3ccccc31)c1c(oc3ccc(C)cc3c1=O)C(=O)N2CCCC. The average Bonchev–Trinajstić information content (AvgIpc) is 3.18. The minimum Gasteiger partial charge on any atom is -0.450 e. The second-order valence-electron chi connectivity index (χ2n) is 8.38. The zero-order valence-electron chi connectivity index (χ0n) is 18.2. The molecular formula is C26H24N2O4. The number of unbranched alkanes of at least 4 members (excludes halogenated alkanes) is 1. The van der Waals surface area contributed by atoms with Crippen LogP contribution in [0.2, 0.25) is 0 Å². The van der Waals surface area contributed by atoms with Gasteiger partial charge in [0.15, 0.2) is 11.0 Å². The lowest BCUT2D eigenvalue weighted by atomic mass is 9.83. The van der Waals surface area contributed by atoms with Gasteiger partial charge in [0.25, 0.3) is 11.8 Å². The number of carbonyl (C=O) groups is 2. The van der Waals surface area contributed by atoms with Crippen molar-refractivity contribution >= 4 is 28.5 Å². The van der Waals surface area contributed by atoms with E-state index < -0.39 is 11.4 Å². The van der Waals surface area contributed by atoms with Crippen LogP contribution in [0.15, 0.2) is 64.3 Å². The molecule has 0 radical (unpaired) electrons. The summed E-state index contributed by atoms with van der Waals surface area (Å²) in [6.45, 7) is 8.32. The monoisotopic (exact) mass is 428 g/mol. The van der Waals surface area contributed by atoms with Crippen molar-refractivity contribution in [1.29, 1.82) is 0 Å². The van der Waals surface area contributed by atoms with E-state index in [2.05, 4.69) is 6.58 Å². The predicted molar refractivity (Wildman–Crippen MR) is 123 cm³/mol. The third-order valence-electron chi connectivity index (χ3n) is 6.44. The standard InChI is InChI=1S/C26H24N2O4/c1-4-6-14-28-24(30)23-21(22(29)17-15-16(3)11-12-20(17)32-23)26(28)18-9-7-8-10-19(18)27(13-5-2)25(26)31/h5,7-12,15H,2,4,6,13-14H2,1,3H3. The van der Waals surface area contributed by atoms with E-state index in [-0.39, 0.29) is 29.2 Å². The Hall–Kier alpha value is -3.67. The van der Waals surface area contributed by atoms with E-state index in [9.17, 15) is 14.4 Å². The molecule has 0 bridgehead atoms. The second kappa shape index (κ2) is 7.19. The van der Waals surface area contributed by atoms with Crippen LogP contribution in [-0.4, -0.2) is 29.8 Å². The molecule has 2 aliphatic heterocycles. The molecule has 0 saturated heterocycles. The van der Waals surface area contributed by atoms with Gasteiger partial charge in [0.05, 0.1) is 16.6 Å². The molecule has 0 fully saturated rings. The van der Waals surface area contributed by atoms with Crippen molar-refractivity contribution in [2.75, 3.05) is 18.0 Å². The van der Waals surface area contributed by atoms with Gasteiger partial charge in [-0.05, 0) is 31.5 Å². The Labute approximate surface area is 185 Å². The van der Waals surface area contributed by atoms with Gasteiger partial charge in [0.1, 0.15) is 5.58 Å². The highest BCUT2D eigenvalue weighted by Gasteiger charge is 2.64. The van der Waals surface area contributed by atoms with Gasteiger partial charge in [-0.2, -0.15) is 0 Å². The number of hydrogen-bond acceptors (Lipinski definition) is 4. The van der Waals surface area contributed by atoms with Gasteiger partial charge < -0.3 is 14.2 Å². The Morgan fingerprint density at radius 3 is 2.66 bits per heavy atom. The summed E-state index contributed by atoms with van der Waals surface area (Å²) < 4.78 is 6.03. The summed E-state index contributed by atoms with van der Waals surface area (Å²) in [6, 6.07) is 12.6. The van der Waals surface area contributed by atoms with E-state index in [1.807, 2.05) is 44.2 Å². The van der Waals surface area contributed by atoms with E-state index in [1.165, 1.54) is 0 Å². The summed E-state index contributed by atoms with van der Waals surface area (Å²) in [5.41, 5.74) is 0.832. The number of rotatable bonds is 5. The van der Waals surface area contributed by atoms with Crippen molar-refractivity contribution in [1.82, 2.24) is 4.90 Å². The molecule has 1 spiro atoms. The summed E-state index contributed by atoms with van der Waals surface area (Å²) in [6.07, 6.45) is 3.18. The highest BCUT2D eigenvalue weighted by atomic mass is 16.3. The smallest absolute Gasteiger partial charge is 0.291 e. The van der Waals surface area contributed by atoms with Crippen LogP contribution < -0.4 is 10.3 Å². The quantitative estimate of drug-likeness (QED) is 0.573. The Balaban J connectivity index is 1.91. The molecule has 5 rings (SSSR count). The normalized spacial score (nSPS) is 19.2. The fourth-order valence-corrected chi connectivity index (χ4v) is 5.03. The number of nitrogens with zero attached hydrogens (tertiary/aromatic N) is 2. The molecular weight excluding hydrogens is 404 g/mol. The first-order valence-corrected chi connectivity index (χ1v) is 10.9. The van der Waals surface area contributed by atoms with Gasteiger partial charge in [-0.15, -0.1) is 6.58 Å².